The van der Waals surface area contributed by atoms with Crippen LogP contribution in [0.4, 0.5) is 11.6 Å². The van der Waals surface area contributed by atoms with Crippen molar-refractivity contribution < 1.29 is 4.79 Å². The zero-order valence-corrected chi connectivity index (χ0v) is 13.3. The molecule has 0 fully saturated rings. The van der Waals surface area contributed by atoms with E-state index in [0.29, 0.717) is 29.9 Å². The van der Waals surface area contributed by atoms with Gasteiger partial charge in [0.2, 0.25) is 5.91 Å². The minimum atomic E-state index is -0.0546. The molecule has 0 spiro atoms. The van der Waals surface area contributed by atoms with Crippen LogP contribution in [0.25, 0.3) is 0 Å². The fraction of sp³-hybridized carbons (Fsp3) is 0.643. The lowest BCUT2D eigenvalue weighted by atomic mass is 10.2. The van der Waals surface area contributed by atoms with Crippen molar-refractivity contribution in [2.24, 2.45) is 11.8 Å². The molecule has 0 atom stereocenters. The summed E-state index contributed by atoms with van der Waals surface area (Å²) in [5, 5.41) is 5.91. The molecule has 1 heterocycles. The summed E-state index contributed by atoms with van der Waals surface area (Å²) >= 11 is 0. The van der Waals surface area contributed by atoms with Gasteiger partial charge in [0.1, 0.15) is 17.5 Å². The van der Waals surface area contributed by atoms with E-state index >= 15 is 0 Å². The van der Waals surface area contributed by atoms with Crippen LogP contribution in [0.2, 0.25) is 0 Å². The Kier molecular flexibility index (Phi) is 6.87. The van der Waals surface area contributed by atoms with Gasteiger partial charge in [-0.15, -0.1) is 0 Å². The lowest BCUT2D eigenvalue weighted by Crippen LogP contribution is -2.33. The molecule has 0 aromatic carbocycles. The Morgan fingerprint density at radius 2 is 1.95 bits per heavy atom. The highest BCUT2D eigenvalue weighted by atomic mass is 16.1. The van der Waals surface area contributed by atoms with E-state index < -0.39 is 0 Å². The summed E-state index contributed by atoms with van der Waals surface area (Å²) in [6.45, 7) is 8.88. The van der Waals surface area contributed by atoms with Gasteiger partial charge in [0.15, 0.2) is 0 Å². The minimum absolute atomic E-state index is 0.0546. The second-order valence-electron chi connectivity index (χ2n) is 5.41. The molecule has 1 aromatic heterocycles. The molecule has 1 aromatic rings. The van der Waals surface area contributed by atoms with E-state index in [9.17, 15) is 4.79 Å². The monoisotopic (exact) mass is 294 g/mol. The van der Waals surface area contributed by atoms with Gasteiger partial charge in [-0.05, 0) is 19.3 Å². The lowest BCUT2D eigenvalue weighted by molar-refractivity contribution is -0.119. The van der Waals surface area contributed by atoms with Crippen molar-refractivity contribution in [3.63, 3.8) is 0 Å². The van der Waals surface area contributed by atoms with Crippen LogP contribution in [0, 0.1) is 12.8 Å². The molecule has 0 saturated heterocycles. The minimum Gasteiger partial charge on any atom is -0.361 e. The van der Waals surface area contributed by atoms with Gasteiger partial charge in [-0.25, -0.2) is 15.8 Å². The lowest BCUT2D eigenvalue weighted by Gasteiger charge is -2.14. The molecule has 1 amide bonds. The van der Waals surface area contributed by atoms with Crippen LogP contribution in [0.15, 0.2) is 0 Å². The van der Waals surface area contributed by atoms with E-state index in [4.69, 9.17) is 5.84 Å². The van der Waals surface area contributed by atoms with E-state index in [1.54, 1.807) is 0 Å². The van der Waals surface area contributed by atoms with Crippen molar-refractivity contribution in [3.8, 4) is 0 Å². The molecule has 7 nitrogen and oxygen atoms in total. The van der Waals surface area contributed by atoms with E-state index in [-0.39, 0.29) is 12.5 Å². The molecule has 0 aliphatic carbocycles. The highest BCUT2D eigenvalue weighted by molar-refractivity contribution is 5.80. The van der Waals surface area contributed by atoms with Gasteiger partial charge in [-0.3, -0.25) is 4.79 Å². The van der Waals surface area contributed by atoms with Crippen molar-refractivity contribution in [2.75, 3.05) is 23.8 Å². The molecule has 21 heavy (non-hydrogen) atoms. The molecular weight excluding hydrogens is 268 g/mol. The molecular formula is C14H26N6O. The maximum atomic E-state index is 11.7. The standard InChI is InChI=1S/C14H26N6O/c1-5-6-11-18-13(10(4)14(19-11)20-15)17-8-12(21)16-7-9(2)3/h9H,5-8,15H2,1-4H3,(H,16,21)(H2,17,18,19,20). The van der Waals surface area contributed by atoms with Gasteiger partial charge in [0.25, 0.3) is 0 Å². The van der Waals surface area contributed by atoms with Crippen LogP contribution in [0.3, 0.4) is 0 Å². The van der Waals surface area contributed by atoms with E-state index in [1.165, 1.54) is 0 Å². The quantitative estimate of drug-likeness (QED) is 0.424. The summed E-state index contributed by atoms with van der Waals surface area (Å²) in [6, 6.07) is 0. The number of amides is 1. The Morgan fingerprint density at radius 1 is 1.29 bits per heavy atom. The zero-order chi connectivity index (χ0) is 15.8. The third kappa shape index (κ3) is 5.55. The number of nitrogens with two attached hydrogens (primary N) is 1. The second kappa shape index (κ2) is 8.41. The van der Waals surface area contributed by atoms with Gasteiger partial charge in [-0.2, -0.15) is 0 Å². The maximum absolute atomic E-state index is 11.7. The number of hydrazine groups is 1. The van der Waals surface area contributed by atoms with Gasteiger partial charge in [0.05, 0.1) is 6.54 Å². The highest BCUT2D eigenvalue weighted by Gasteiger charge is 2.11. The number of aromatic nitrogens is 2. The fourth-order valence-corrected chi connectivity index (χ4v) is 1.76. The zero-order valence-electron chi connectivity index (χ0n) is 13.3. The Bertz CT molecular complexity index is 475. The van der Waals surface area contributed by atoms with Crippen LogP contribution in [0.1, 0.15) is 38.6 Å². The first-order valence-corrected chi connectivity index (χ1v) is 7.32. The van der Waals surface area contributed by atoms with Crippen molar-refractivity contribution in [3.05, 3.63) is 11.4 Å². The molecule has 5 N–H and O–H groups in total. The molecule has 0 radical (unpaired) electrons. The third-order valence-corrected chi connectivity index (χ3v) is 2.93. The molecule has 0 bridgehead atoms. The number of hydrogen-bond acceptors (Lipinski definition) is 6. The largest absolute Gasteiger partial charge is 0.361 e. The first kappa shape index (κ1) is 17.2. The number of nitrogen functional groups attached to an aromatic ring is 1. The molecule has 0 unspecified atom stereocenters. The molecule has 0 saturated carbocycles. The van der Waals surface area contributed by atoms with Crippen LogP contribution >= 0.6 is 0 Å². The number of rotatable bonds is 8. The number of nitrogens with zero attached hydrogens (tertiary/aromatic N) is 2. The second-order valence-corrected chi connectivity index (χ2v) is 5.41. The Balaban J connectivity index is 2.72. The SMILES string of the molecule is CCCc1nc(NN)c(C)c(NCC(=O)NCC(C)C)n1. The molecule has 0 aliphatic heterocycles. The van der Waals surface area contributed by atoms with Gasteiger partial charge in [0, 0.05) is 18.5 Å². The molecule has 1 rings (SSSR count). The summed E-state index contributed by atoms with van der Waals surface area (Å²) in [5.41, 5.74) is 3.37. The van der Waals surface area contributed by atoms with Crippen molar-refractivity contribution in [1.29, 1.82) is 0 Å². The van der Waals surface area contributed by atoms with E-state index in [1.807, 2.05) is 6.92 Å². The van der Waals surface area contributed by atoms with Gasteiger partial charge in [-0.1, -0.05) is 20.8 Å². The van der Waals surface area contributed by atoms with Crippen LogP contribution in [-0.2, 0) is 11.2 Å². The number of aryl methyl sites for hydroxylation is 1. The summed E-state index contributed by atoms with van der Waals surface area (Å²) in [7, 11) is 0. The van der Waals surface area contributed by atoms with Crippen LogP contribution < -0.4 is 21.9 Å². The summed E-state index contributed by atoms with van der Waals surface area (Å²) < 4.78 is 0. The third-order valence-electron chi connectivity index (χ3n) is 2.93. The Morgan fingerprint density at radius 3 is 2.52 bits per heavy atom. The smallest absolute Gasteiger partial charge is 0.239 e. The first-order valence-electron chi connectivity index (χ1n) is 7.32. The van der Waals surface area contributed by atoms with Crippen molar-refractivity contribution >= 4 is 17.5 Å². The van der Waals surface area contributed by atoms with Crippen LogP contribution in [0.5, 0.6) is 0 Å². The van der Waals surface area contributed by atoms with Crippen molar-refractivity contribution in [2.45, 2.75) is 40.5 Å². The first-order chi connectivity index (χ1) is 9.97. The number of anilines is 2. The summed E-state index contributed by atoms with van der Waals surface area (Å²) in [5.74, 6) is 7.78. The number of carbonyl (C=O) groups is 1. The average Bonchev–Trinajstić information content (AvgIpc) is 2.45. The molecule has 0 aliphatic rings. The van der Waals surface area contributed by atoms with Crippen molar-refractivity contribution in [1.82, 2.24) is 15.3 Å². The van der Waals surface area contributed by atoms with Gasteiger partial charge < -0.3 is 16.1 Å². The van der Waals surface area contributed by atoms with E-state index in [0.717, 1.165) is 18.4 Å². The molecule has 7 heteroatoms. The highest BCUT2D eigenvalue weighted by Crippen LogP contribution is 2.19. The summed E-state index contributed by atoms with van der Waals surface area (Å²) in [6.07, 6.45) is 1.71. The topological polar surface area (TPSA) is 105 Å². The predicted octanol–water partition coefficient (Wildman–Crippen LogP) is 1.21. The normalized spacial score (nSPS) is 10.6. The van der Waals surface area contributed by atoms with Crippen LogP contribution in [-0.4, -0.2) is 29.0 Å². The maximum Gasteiger partial charge on any atom is 0.239 e. The number of carbonyl (C=O) groups excluding carboxylic acids is 1. The number of hydrogen-bond donors (Lipinski definition) is 4. The summed E-state index contributed by atoms with van der Waals surface area (Å²) in [4.78, 5) is 20.5. The average molecular weight is 294 g/mol. The fourth-order valence-electron chi connectivity index (χ4n) is 1.76. The Labute approximate surface area is 126 Å². The Hall–Kier alpha value is -1.89. The van der Waals surface area contributed by atoms with Gasteiger partial charge >= 0.3 is 0 Å². The molecule has 118 valence electrons. The number of nitrogens with one attached hydrogen (secondary N) is 3. The predicted molar refractivity (Wildman–Crippen MR) is 84.9 cm³/mol. The van der Waals surface area contributed by atoms with E-state index in [2.05, 4.69) is 46.8 Å².